The first-order valence-electron chi connectivity index (χ1n) is 6.47. The highest BCUT2D eigenvalue weighted by molar-refractivity contribution is 5.74. The van der Waals surface area contributed by atoms with Crippen molar-refractivity contribution in [3.63, 3.8) is 0 Å². The van der Waals surface area contributed by atoms with Crippen LogP contribution in [0, 0.1) is 11.3 Å². The normalized spacial score (nSPS) is 11.5. The number of carbonyl (C=O) groups is 1. The molecule has 1 aromatic heterocycles. The summed E-state index contributed by atoms with van der Waals surface area (Å²) in [5, 5.41) is 22.0. The molecule has 21 heavy (non-hydrogen) atoms. The lowest BCUT2D eigenvalue weighted by Gasteiger charge is -2.13. The van der Waals surface area contributed by atoms with Crippen LogP contribution in [0.4, 0.5) is 4.79 Å². The molecule has 2 aromatic rings. The highest BCUT2D eigenvalue weighted by Crippen LogP contribution is 2.07. The average molecular weight is 284 g/mol. The minimum Gasteiger partial charge on any atom is -0.334 e. The van der Waals surface area contributed by atoms with Gasteiger partial charge in [0.25, 0.3) is 0 Å². The molecule has 0 radical (unpaired) electrons. The topological polar surface area (TPSA) is 95.6 Å². The highest BCUT2D eigenvalue weighted by Gasteiger charge is 2.13. The predicted octanol–water partition coefficient (Wildman–Crippen LogP) is 1.25. The molecule has 0 spiro atoms. The number of nitriles is 1. The molecule has 0 saturated heterocycles. The molecule has 0 saturated carbocycles. The number of nitrogens with zero attached hydrogens (tertiary/aromatic N) is 4. The Morgan fingerprint density at radius 1 is 1.43 bits per heavy atom. The number of hydrogen-bond donors (Lipinski definition) is 2. The maximum absolute atomic E-state index is 11.8. The largest absolute Gasteiger partial charge is 0.334 e. The summed E-state index contributed by atoms with van der Waals surface area (Å²) >= 11 is 0. The van der Waals surface area contributed by atoms with Crippen molar-refractivity contribution < 1.29 is 4.79 Å². The molecule has 0 fully saturated rings. The van der Waals surface area contributed by atoms with Gasteiger partial charge in [-0.1, -0.05) is 12.1 Å². The summed E-state index contributed by atoms with van der Waals surface area (Å²) in [6.45, 7) is 2.23. The first kappa shape index (κ1) is 14.5. The van der Waals surface area contributed by atoms with Crippen LogP contribution in [0.25, 0.3) is 0 Å². The summed E-state index contributed by atoms with van der Waals surface area (Å²) in [6, 6.07) is 8.59. The van der Waals surface area contributed by atoms with Crippen molar-refractivity contribution in [3.05, 3.63) is 47.5 Å². The molecule has 0 bridgehead atoms. The maximum atomic E-state index is 11.8. The first-order chi connectivity index (χ1) is 10.1. The van der Waals surface area contributed by atoms with Gasteiger partial charge in [-0.25, -0.2) is 4.79 Å². The van der Waals surface area contributed by atoms with E-state index in [0.717, 1.165) is 5.56 Å². The summed E-state index contributed by atoms with van der Waals surface area (Å²) in [4.78, 5) is 11.8. The minimum atomic E-state index is -0.283. The molecule has 7 heteroatoms. The zero-order valence-corrected chi connectivity index (χ0v) is 11.9. The van der Waals surface area contributed by atoms with Crippen LogP contribution in [0.3, 0.4) is 0 Å². The molecule has 1 aromatic carbocycles. The lowest BCUT2D eigenvalue weighted by molar-refractivity contribution is 0.237. The van der Waals surface area contributed by atoms with E-state index in [4.69, 9.17) is 5.26 Å². The fourth-order valence-electron chi connectivity index (χ4n) is 1.88. The van der Waals surface area contributed by atoms with Crippen LogP contribution in [0.2, 0.25) is 0 Å². The molecular weight excluding hydrogens is 268 g/mol. The van der Waals surface area contributed by atoms with Crippen LogP contribution >= 0.6 is 0 Å². The minimum absolute atomic E-state index is 0.238. The number of hydrogen-bond acceptors (Lipinski definition) is 4. The van der Waals surface area contributed by atoms with E-state index >= 15 is 0 Å². The number of rotatable bonds is 4. The number of amides is 2. The highest BCUT2D eigenvalue weighted by atomic mass is 16.2. The molecular formula is C14H16N6O. The molecule has 0 aliphatic heterocycles. The van der Waals surface area contributed by atoms with Gasteiger partial charge in [0.05, 0.1) is 17.7 Å². The Morgan fingerprint density at radius 3 is 2.71 bits per heavy atom. The Balaban J connectivity index is 1.84. The molecule has 108 valence electrons. The zero-order valence-electron chi connectivity index (χ0n) is 11.9. The molecule has 2 rings (SSSR count). The maximum Gasteiger partial charge on any atom is 0.315 e. The lowest BCUT2D eigenvalue weighted by atomic mass is 10.1. The van der Waals surface area contributed by atoms with Gasteiger partial charge in [0.15, 0.2) is 5.82 Å². The quantitative estimate of drug-likeness (QED) is 0.883. The number of carbonyl (C=O) groups excluding carboxylic acids is 1. The number of benzene rings is 1. The molecule has 7 nitrogen and oxygen atoms in total. The molecule has 1 heterocycles. The van der Waals surface area contributed by atoms with Gasteiger partial charge in [-0.05, 0) is 24.6 Å². The van der Waals surface area contributed by atoms with Crippen molar-refractivity contribution >= 4 is 6.03 Å². The Hall–Kier alpha value is -2.88. The van der Waals surface area contributed by atoms with Gasteiger partial charge in [0.2, 0.25) is 0 Å². The Labute approximate surface area is 122 Å². The summed E-state index contributed by atoms with van der Waals surface area (Å²) in [7, 11) is 1.82. The Bertz CT molecular complexity index is 655. The van der Waals surface area contributed by atoms with Crippen molar-refractivity contribution in [1.82, 2.24) is 25.4 Å². The molecule has 2 amide bonds. The van der Waals surface area contributed by atoms with Crippen LogP contribution in [0.1, 0.15) is 29.9 Å². The van der Waals surface area contributed by atoms with Gasteiger partial charge in [-0.15, -0.1) is 10.2 Å². The zero-order chi connectivity index (χ0) is 15.2. The standard InChI is InChI=1S/C14H16N6O/c1-10(13-19-17-9-20(13)2)18-14(21)16-8-12-5-3-11(7-15)4-6-12/h3-6,9-10H,8H2,1-2H3,(H2,16,18,21)/t10-/m0/s1. The summed E-state index contributed by atoms with van der Waals surface area (Å²) in [5.41, 5.74) is 1.52. The van der Waals surface area contributed by atoms with Crippen molar-refractivity contribution in [2.24, 2.45) is 7.05 Å². The van der Waals surface area contributed by atoms with E-state index in [1.54, 1.807) is 23.0 Å². The third-order valence-corrected chi connectivity index (χ3v) is 3.02. The predicted molar refractivity (Wildman–Crippen MR) is 75.9 cm³/mol. The van der Waals surface area contributed by atoms with E-state index in [9.17, 15) is 4.79 Å². The summed E-state index contributed by atoms with van der Waals surface area (Å²) < 4.78 is 1.76. The summed E-state index contributed by atoms with van der Waals surface area (Å²) in [6.07, 6.45) is 1.59. The Kier molecular flexibility index (Phi) is 4.51. The van der Waals surface area contributed by atoms with Crippen LogP contribution in [0.15, 0.2) is 30.6 Å². The van der Waals surface area contributed by atoms with Gasteiger partial charge in [0, 0.05) is 13.6 Å². The molecule has 0 aliphatic rings. The second kappa shape index (κ2) is 6.52. The fourth-order valence-corrected chi connectivity index (χ4v) is 1.88. The first-order valence-corrected chi connectivity index (χ1v) is 6.47. The molecule has 1 atom stereocenters. The van der Waals surface area contributed by atoms with Crippen LogP contribution in [-0.4, -0.2) is 20.8 Å². The molecule has 0 aliphatic carbocycles. The Morgan fingerprint density at radius 2 is 2.14 bits per heavy atom. The van der Waals surface area contributed by atoms with Crippen molar-refractivity contribution in [2.75, 3.05) is 0 Å². The number of aromatic nitrogens is 3. The third kappa shape index (κ3) is 3.79. The molecule has 0 unspecified atom stereocenters. The van der Waals surface area contributed by atoms with Crippen LogP contribution in [-0.2, 0) is 13.6 Å². The number of aryl methyl sites for hydroxylation is 1. The van der Waals surface area contributed by atoms with E-state index in [1.165, 1.54) is 0 Å². The summed E-state index contributed by atoms with van der Waals surface area (Å²) in [5.74, 6) is 0.684. The van der Waals surface area contributed by atoms with E-state index in [0.29, 0.717) is 17.9 Å². The fraction of sp³-hybridized carbons (Fsp3) is 0.286. The van der Waals surface area contributed by atoms with Crippen molar-refractivity contribution in [1.29, 1.82) is 5.26 Å². The average Bonchev–Trinajstić information content (AvgIpc) is 2.92. The van der Waals surface area contributed by atoms with E-state index in [2.05, 4.69) is 26.9 Å². The third-order valence-electron chi connectivity index (χ3n) is 3.02. The van der Waals surface area contributed by atoms with Gasteiger partial charge in [0.1, 0.15) is 6.33 Å². The molecule has 2 N–H and O–H groups in total. The lowest BCUT2D eigenvalue weighted by Crippen LogP contribution is -2.37. The van der Waals surface area contributed by atoms with E-state index in [1.807, 2.05) is 26.1 Å². The van der Waals surface area contributed by atoms with Gasteiger partial charge in [-0.2, -0.15) is 5.26 Å². The second-order valence-electron chi connectivity index (χ2n) is 4.66. The second-order valence-corrected chi connectivity index (χ2v) is 4.66. The van der Waals surface area contributed by atoms with Crippen molar-refractivity contribution in [3.8, 4) is 6.07 Å². The number of nitrogens with one attached hydrogen (secondary N) is 2. The van der Waals surface area contributed by atoms with Gasteiger partial charge in [-0.3, -0.25) is 0 Å². The van der Waals surface area contributed by atoms with E-state index < -0.39 is 0 Å². The van der Waals surface area contributed by atoms with Crippen molar-refractivity contribution in [2.45, 2.75) is 19.5 Å². The SMILES string of the molecule is C[C@H](NC(=O)NCc1ccc(C#N)cc1)c1nncn1C. The van der Waals surface area contributed by atoms with Crippen LogP contribution < -0.4 is 10.6 Å². The van der Waals surface area contributed by atoms with Gasteiger partial charge < -0.3 is 15.2 Å². The number of urea groups is 1. The monoisotopic (exact) mass is 284 g/mol. The van der Waals surface area contributed by atoms with E-state index in [-0.39, 0.29) is 12.1 Å². The smallest absolute Gasteiger partial charge is 0.315 e. The van der Waals surface area contributed by atoms with Gasteiger partial charge >= 0.3 is 6.03 Å². The van der Waals surface area contributed by atoms with Crippen LogP contribution in [0.5, 0.6) is 0 Å².